The Labute approximate surface area is 140 Å². The summed E-state index contributed by atoms with van der Waals surface area (Å²) in [4.78, 5) is 0. The molecule has 2 rings (SSSR count). The molecule has 0 saturated carbocycles. The molecule has 23 heavy (non-hydrogen) atoms. The predicted octanol–water partition coefficient (Wildman–Crippen LogP) is 6.19. The van der Waals surface area contributed by atoms with Gasteiger partial charge in [-0.3, -0.25) is 0 Å². The maximum Gasteiger partial charge on any atom is 0.119 e. The molecule has 0 amide bonds. The molecule has 0 spiro atoms. The van der Waals surface area contributed by atoms with Crippen LogP contribution in [0, 0.1) is 0 Å². The van der Waals surface area contributed by atoms with Gasteiger partial charge in [-0.1, -0.05) is 69.7 Å². The lowest BCUT2D eigenvalue weighted by Crippen LogP contribution is -1.97. The molecule has 0 radical (unpaired) electrons. The van der Waals surface area contributed by atoms with Crippen LogP contribution in [0.3, 0.4) is 0 Å². The van der Waals surface area contributed by atoms with E-state index < -0.39 is 0 Å². The first-order chi connectivity index (χ1) is 11.3. The van der Waals surface area contributed by atoms with Crippen LogP contribution >= 0.6 is 0 Å². The molecule has 0 heterocycles. The third-order valence-corrected chi connectivity index (χ3v) is 4.07. The molecule has 0 unspecified atom stereocenters. The minimum Gasteiger partial charge on any atom is -0.508 e. The maximum absolute atomic E-state index is 9.33. The van der Waals surface area contributed by atoms with Gasteiger partial charge >= 0.3 is 0 Å². The highest BCUT2D eigenvalue weighted by molar-refractivity contribution is 5.64. The molecule has 2 nitrogen and oxygen atoms in total. The van der Waals surface area contributed by atoms with Crippen molar-refractivity contribution in [2.24, 2.45) is 0 Å². The van der Waals surface area contributed by atoms with E-state index in [0.717, 1.165) is 29.9 Å². The van der Waals surface area contributed by atoms with Gasteiger partial charge in [0.25, 0.3) is 0 Å². The van der Waals surface area contributed by atoms with Gasteiger partial charge in [0.05, 0.1) is 6.61 Å². The molecule has 124 valence electrons. The summed E-state index contributed by atoms with van der Waals surface area (Å²) in [7, 11) is 0. The van der Waals surface area contributed by atoms with Crippen molar-refractivity contribution in [3.63, 3.8) is 0 Å². The smallest absolute Gasteiger partial charge is 0.119 e. The Bertz CT molecular complexity index is 543. The quantitative estimate of drug-likeness (QED) is 0.530. The lowest BCUT2D eigenvalue weighted by atomic mass is 10.1. The van der Waals surface area contributed by atoms with Gasteiger partial charge in [0.2, 0.25) is 0 Å². The van der Waals surface area contributed by atoms with Crippen LogP contribution < -0.4 is 4.74 Å². The van der Waals surface area contributed by atoms with Gasteiger partial charge in [-0.05, 0) is 41.8 Å². The standard InChI is InChI=1S/C21H28O2/c1-2-3-4-5-6-7-8-17-23-21-15-11-19(12-16-21)18-9-13-20(22)14-10-18/h9-16,22H,2-8,17H2,1H3. The van der Waals surface area contributed by atoms with E-state index in [4.69, 9.17) is 4.74 Å². The van der Waals surface area contributed by atoms with Crippen LogP contribution in [0.1, 0.15) is 51.9 Å². The van der Waals surface area contributed by atoms with Gasteiger partial charge in [-0.2, -0.15) is 0 Å². The van der Waals surface area contributed by atoms with Crippen molar-refractivity contribution in [3.8, 4) is 22.6 Å². The average molecular weight is 312 g/mol. The van der Waals surface area contributed by atoms with E-state index in [-0.39, 0.29) is 0 Å². The molecule has 1 N–H and O–H groups in total. The van der Waals surface area contributed by atoms with Gasteiger partial charge in [0, 0.05) is 0 Å². The van der Waals surface area contributed by atoms with Gasteiger partial charge in [-0.25, -0.2) is 0 Å². The Balaban J connectivity index is 1.68. The lowest BCUT2D eigenvalue weighted by molar-refractivity contribution is 0.304. The number of hydrogen-bond acceptors (Lipinski definition) is 2. The maximum atomic E-state index is 9.33. The Morgan fingerprint density at radius 3 is 1.83 bits per heavy atom. The molecule has 2 aromatic carbocycles. The van der Waals surface area contributed by atoms with Crippen LogP contribution in [-0.4, -0.2) is 11.7 Å². The van der Waals surface area contributed by atoms with E-state index >= 15 is 0 Å². The number of phenols is 1. The highest BCUT2D eigenvalue weighted by Gasteiger charge is 1.99. The van der Waals surface area contributed by atoms with E-state index in [0.29, 0.717) is 5.75 Å². The fourth-order valence-electron chi connectivity index (χ4n) is 2.65. The molecule has 0 atom stereocenters. The largest absolute Gasteiger partial charge is 0.508 e. The SMILES string of the molecule is CCCCCCCCCOc1ccc(-c2ccc(O)cc2)cc1. The second-order valence-corrected chi connectivity index (χ2v) is 6.04. The molecule has 2 aromatic rings. The van der Waals surface area contributed by atoms with Crippen LogP contribution in [0.15, 0.2) is 48.5 Å². The number of ether oxygens (including phenoxy) is 1. The van der Waals surface area contributed by atoms with E-state index in [1.807, 2.05) is 24.3 Å². The average Bonchev–Trinajstić information content (AvgIpc) is 2.59. The number of benzene rings is 2. The molecule has 0 aliphatic carbocycles. The Kier molecular flexibility index (Phi) is 7.51. The number of phenolic OH excluding ortho intramolecular Hbond substituents is 1. The molecule has 0 saturated heterocycles. The minimum absolute atomic E-state index is 0.295. The second-order valence-electron chi connectivity index (χ2n) is 6.04. The van der Waals surface area contributed by atoms with Crippen molar-refractivity contribution in [2.45, 2.75) is 51.9 Å². The zero-order valence-corrected chi connectivity index (χ0v) is 14.1. The van der Waals surface area contributed by atoms with Crippen LogP contribution in [-0.2, 0) is 0 Å². The molecule has 0 aliphatic rings. The normalized spacial score (nSPS) is 10.7. The summed E-state index contributed by atoms with van der Waals surface area (Å²) in [6.07, 6.45) is 9.11. The Morgan fingerprint density at radius 2 is 1.22 bits per heavy atom. The summed E-state index contributed by atoms with van der Waals surface area (Å²) in [6.45, 7) is 3.05. The van der Waals surface area contributed by atoms with Crippen LogP contribution in [0.5, 0.6) is 11.5 Å². The number of unbranched alkanes of at least 4 members (excludes halogenated alkanes) is 6. The van der Waals surface area contributed by atoms with Crippen LogP contribution in [0.25, 0.3) is 11.1 Å². The molecular weight excluding hydrogens is 284 g/mol. The minimum atomic E-state index is 0.295. The fourth-order valence-corrected chi connectivity index (χ4v) is 2.65. The van der Waals surface area contributed by atoms with Crippen molar-refractivity contribution < 1.29 is 9.84 Å². The first-order valence-electron chi connectivity index (χ1n) is 8.82. The summed E-state index contributed by atoms with van der Waals surface area (Å²) >= 11 is 0. The first kappa shape index (κ1) is 17.4. The monoisotopic (exact) mass is 312 g/mol. The van der Waals surface area contributed by atoms with E-state index in [9.17, 15) is 5.11 Å². The number of aromatic hydroxyl groups is 1. The Morgan fingerprint density at radius 1 is 0.696 bits per heavy atom. The summed E-state index contributed by atoms with van der Waals surface area (Å²) in [5, 5.41) is 9.33. The number of hydrogen-bond donors (Lipinski definition) is 1. The highest BCUT2D eigenvalue weighted by Crippen LogP contribution is 2.24. The summed E-state index contributed by atoms with van der Waals surface area (Å²) in [6, 6.07) is 15.4. The summed E-state index contributed by atoms with van der Waals surface area (Å²) in [5.74, 6) is 1.22. The predicted molar refractivity (Wildman–Crippen MR) is 97.0 cm³/mol. The fraction of sp³-hybridized carbons (Fsp3) is 0.429. The van der Waals surface area contributed by atoms with Gasteiger partial charge in [0.1, 0.15) is 11.5 Å². The zero-order chi connectivity index (χ0) is 16.3. The van der Waals surface area contributed by atoms with Crippen molar-refractivity contribution in [1.29, 1.82) is 0 Å². The molecule has 2 heteroatoms. The van der Waals surface area contributed by atoms with Gasteiger partial charge < -0.3 is 9.84 Å². The van der Waals surface area contributed by atoms with Crippen molar-refractivity contribution in [1.82, 2.24) is 0 Å². The van der Waals surface area contributed by atoms with Crippen molar-refractivity contribution in [2.75, 3.05) is 6.61 Å². The van der Waals surface area contributed by atoms with Crippen LogP contribution in [0.2, 0.25) is 0 Å². The third kappa shape index (κ3) is 6.35. The Hall–Kier alpha value is -1.96. The van der Waals surface area contributed by atoms with E-state index in [1.165, 1.54) is 38.5 Å². The number of rotatable bonds is 10. The molecule has 0 aliphatic heterocycles. The summed E-state index contributed by atoms with van der Waals surface area (Å²) in [5.41, 5.74) is 2.23. The van der Waals surface area contributed by atoms with Crippen LogP contribution in [0.4, 0.5) is 0 Å². The van der Waals surface area contributed by atoms with Gasteiger partial charge in [-0.15, -0.1) is 0 Å². The molecule has 0 fully saturated rings. The topological polar surface area (TPSA) is 29.5 Å². The zero-order valence-electron chi connectivity index (χ0n) is 14.1. The first-order valence-corrected chi connectivity index (χ1v) is 8.82. The molecule has 0 bridgehead atoms. The van der Waals surface area contributed by atoms with E-state index in [1.54, 1.807) is 12.1 Å². The van der Waals surface area contributed by atoms with E-state index in [2.05, 4.69) is 19.1 Å². The van der Waals surface area contributed by atoms with Crippen molar-refractivity contribution in [3.05, 3.63) is 48.5 Å². The third-order valence-electron chi connectivity index (χ3n) is 4.07. The van der Waals surface area contributed by atoms with Crippen molar-refractivity contribution >= 4 is 0 Å². The van der Waals surface area contributed by atoms with Gasteiger partial charge in [0.15, 0.2) is 0 Å². The summed E-state index contributed by atoms with van der Waals surface area (Å²) < 4.78 is 5.80. The second kappa shape index (κ2) is 9.94. The molecular formula is C21H28O2. The highest BCUT2D eigenvalue weighted by atomic mass is 16.5. The molecule has 0 aromatic heterocycles. The lowest BCUT2D eigenvalue weighted by Gasteiger charge is -2.08.